The van der Waals surface area contributed by atoms with Crippen LogP contribution in [0.4, 0.5) is 0 Å². The number of benzene rings is 1. The van der Waals surface area contributed by atoms with Gasteiger partial charge in [0.05, 0.1) is 12.1 Å². The van der Waals surface area contributed by atoms with Crippen LogP contribution in [0.3, 0.4) is 0 Å². The number of carbonyl (C=O) groups is 4. The van der Waals surface area contributed by atoms with E-state index in [1.807, 2.05) is 45.9 Å². The summed E-state index contributed by atoms with van der Waals surface area (Å²) in [6, 6.07) is 5.70. The SMILES string of the molecule is CC[C@H](C)[C@@H]1NC(=O)[C@H](CCC(C)C)NC(=O)C(C)(C)NC(=O)CCSCc2cccc(c2)CSC[C@@H](C(N)=O)NC1O. The predicted octanol–water partition coefficient (Wildman–Crippen LogP) is 2.67. The van der Waals surface area contributed by atoms with Crippen LogP contribution in [-0.2, 0) is 30.7 Å². The van der Waals surface area contributed by atoms with Crippen LogP contribution >= 0.6 is 23.5 Å². The van der Waals surface area contributed by atoms with Gasteiger partial charge in [-0.2, -0.15) is 23.5 Å². The Morgan fingerprint density at radius 2 is 1.74 bits per heavy atom. The van der Waals surface area contributed by atoms with Crippen LogP contribution in [0.2, 0.25) is 0 Å². The molecule has 7 N–H and O–H groups in total. The Kier molecular flexibility index (Phi) is 15.3. The summed E-state index contributed by atoms with van der Waals surface area (Å²) >= 11 is 3.16. The van der Waals surface area contributed by atoms with Gasteiger partial charge in [0.2, 0.25) is 23.6 Å². The zero-order valence-electron chi connectivity index (χ0n) is 26.4. The molecule has 4 amide bonds. The molecule has 43 heavy (non-hydrogen) atoms. The highest BCUT2D eigenvalue weighted by Gasteiger charge is 2.35. The normalized spacial score (nSPS) is 25.8. The molecule has 0 aromatic heterocycles. The lowest BCUT2D eigenvalue weighted by molar-refractivity contribution is -0.135. The fourth-order valence-corrected chi connectivity index (χ4v) is 6.53. The summed E-state index contributed by atoms with van der Waals surface area (Å²) in [6.45, 7) is 11.2. The van der Waals surface area contributed by atoms with Crippen LogP contribution < -0.4 is 27.0 Å². The van der Waals surface area contributed by atoms with Gasteiger partial charge in [-0.3, -0.25) is 24.5 Å². The van der Waals surface area contributed by atoms with Gasteiger partial charge in [-0.1, -0.05) is 58.4 Å². The molecule has 12 heteroatoms. The highest BCUT2D eigenvalue weighted by molar-refractivity contribution is 7.98. The second-order valence-corrected chi connectivity index (χ2v) is 14.4. The number of nitrogens with one attached hydrogen (secondary N) is 4. The van der Waals surface area contributed by atoms with Crippen LogP contribution in [-0.4, -0.2) is 70.1 Å². The second kappa shape index (κ2) is 17.9. The van der Waals surface area contributed by atoms with Crippen molar-refractivity contribution in [2.75, 3.05) is 11.5 Å². The Bertz CT molecular complexity index is 1090. The van der Waals surface area contributed by atoms with Crippen LogP contribution in [0, 0.1) is 11.8 Å². The first-order valence-electron chi connectivity index (χ1n) is 15.1. The van der Waals surface area contributed by atoms with Gasteiger partial charge in [-0.25, -0.2) is 0 Å². The molecule has 1 aliphatic heterocycles. The van der Waals surface area contributed by atoms with E-state index in [4.69, 9.17) is 5.73 Å². The molecule has 1 unspecified atom stereocenters. The van der Waals surface area contributed by atoms with Gasteiger partial charge in [0, 0.05) is 29.4 Å². The molecule has 0 saturated heterocycles. The molecule has 0 aliphatic carbocycles. The topological polar surface area (TPSA) is 163 Å². The number of thioether (sulfide) groups is 2. The minimum Gasteiger partial charge on any atom is -0.376 e. The van der Waals surface area contributed by atoms with E-state index in [1.54, 1.807) is 25.6 Å². The summed E-state index contributed by atoms with van der Waals surface area (Å²) in [7, 11) is 0. The lowest BCUT2D eigenvalue weighted by atomic mass is 9.95. The standard InChI is InChI=1S/C31H51N5O5S2/c1-7-20(4)26-29(40)33-24(27(32)38)18-43-17-22-10-8-9-21(15-22)16-42-14-13-25(37)36-31(5,6)30(41)34-23(28(39)35-26)12-11-19(2)3/h8-10,15,19-20,23-24,26,29,33,40H,7,11-14,16-18H2,1-6H3,(H2,32,38)(H,34,41)(H,35,39)(H,36,37)/t20-,23-,24-,26-,29?/m0/s1. The van der Waals surface area contributed by atoms with E-state index in [1.165, 1.54) is 11.8 Å². The van der Waals surface area contributed by atoms with E-state index in [2.05, 4.69) is 27.3 Å². The average molecular weight is 638 g/mol. The molecule has 10 nitrogen and oxygen atoms in total. The van der Waals surface area contributed by atoms with Crippen LogP contribution in [0.5, 0.6) is 0 Å². The molecule has 2 rings (SSSR count). The first kappa shape index (κ1) is 36.9. The Labute approximate surface area is 265 Å². The molecule has 0 radical (unpaired) electrons. The van der Waals surface area contributed by atoms with Gasteiger partial charge in [-0.15, -0.1) is 0 Å². The lowest BCUT2D eigenvalue weighted by Crippen LogP contribution is -2.62. The lowest BCUT2D eigenvalue weighted by Gasteiger charge is -2.34. The molecule has 0 fully saturated rings. The van der Waals surface area contributed by atoms with E-state index >= 15 is 0 Å². The molecule has 1 aromatic rings. The van der Waals surface area contributed by atoms with Crippen molar-refractivity contribution in [3.05, 3.63) is 35.4 Å². The summed E-state index contributed by atoms with van der Waals surface area (Å²) in [4.78, 5) is 52.0. The first-order valence-corrected chi connectivity index (χ1v) is 17.4. The Balaban J connectivity index is 2.36. The average Bonchev–Trinajstić information content (AvgIpc) is 2.94. The molecule has 1 heterocycles. The molecule has 2 bridgehead atoms. The van der Waals surface area contributed by atoms with Crippen LogP contribution in [0.25, 0.3) is 0 Å². The molecule has 0 spiro atoms. The zero-order chi connectivity index (χ0) is 32.2. The Morgan fingerprint density at radius 3 is 2.35 bits per heavy atom. The third kappa shape index (κ3) is 12.7. The van der Waals surface area contributed by atoms with Gasteiger partial charge in [0.15, 0.2) is 0 Å². The minimum atomic E-state index is -1.26. The maximum absolute atomic E-state index is 13.6. The smallest absolute Gasteiger partial charge is 0.245 e. The van der Waals surface area contributed by atoms with Gasteiger partial charge in [-0.05, 0) is 49.7 Å². The van der Waals surface area contributed by atoms with E-state index < -0.39 is 47.6 Å². The monoisotopic (exact) mass is 637 g/mol. The number of aliphatic hydroxyl groups is 1. The largest absolute Gasteiger partial charge is 0.376 e. The number of primary amides is 1. The number of rotatable bonds is 6. The highest BCUT2D eigenvalue weighted by atomic mass is 32.2. The number of nitrogens with two attached hydrogens (primary N) is 1. The van der Waals surface area contributed by atoms with Crippen molar-refractivity contribution in [1.82, 2.24) is 21.3 Å². The number of hydrogen-bond acceptors (Lipinski definition) is 8. The Morgan fingerprint density at radius 1 is 1.09 bits per heavy atom. The molecule has 0 saturated carbocycles. The summed E-state index contributed by atoms with van der Waals surface area (Å²) < 4.78 is 0. The summed E-state index contributed by atoms with van der Waals surface area (Å²) in [5.74, 6) is 0.707. The van der Waals surface area contributed by atoms with Crippen molar-refractivity contribution in [3.8, 4) is 0 Å². The summed E-state index contributed by atoms with van der Waals surface area (Å²) in [6.07, 6.45) is 0.709. The number of hydrogen-bond donors (Lipinski definition) is 6. The maximum Gasteiger partial charge on any atom is 0.245 e. The van der Waals surface area contributed by atoms with E-state index in [0.717, 1.165) is 16.9 Å². The third-order valence-electron chi connectivity index (χ3n) is 7.58. The number of carbonyl (C=O) groups excluding carboxylic acids is 4. The fraction of sp³-hybridized carbons (Fsp3) is 0.677. The highest BCUT2D eigenvalue weighted by Crippen LogP contribution is 2.20. The maximum atomic E-state index is 13.6. The Hall–Kier alpha value is -2.28. The molecular weight excluding hydrogens is 587 g/mol. The summed E-state index contributed by atoms with van der Waals surface area (Å²) in [5, 5.41) is 22.8. The summed E-state index contributed by atoms with van der Waals surface area (Å²) in [5.41, 5.74) is 6.68. The fourth-order valence-electron chi connectivity index (χ4n) is 4.61. The zero-order valence-corrected chi connectivity index (χ0v) is 28.0. The van der Waals surface area contributed by atoms with Crippen molar-refractivity contribution in [2.45, 2.75) is 109 Å². The number of amides is 4. The van der Waals surface area contributed by atoms with Crippen molar-refractivity contribution in [1.29, 1.82) is 0 Å². The van der Waals surface area contributed by atoms with E-state index in [9.17, 15) is 24.3 Å². The van der Waals surface area contributed by atoms with Gasteiger partial charge < -0.3 is 26.8 Å². The van der Waals surface area contributed by atoms with Crippen LogP contribution in [0.1, 0.15) is 78.4 Å². The van der Waals surface area contributed by atoms with E-state index in [-0.39, 0.29) is 24.2 Å². The van der Waals surface area contributed by atoms with Crippen molar-refractivity contribution >= 4 is 47.2 Å². The molecule has 1 aliphatic rings. The number of aliphatic hydroxyl groups excluding tert-OH is 1. The molecule has 242 valence electrons. The molecule has 5 atom stereocenters. The quantitative estimate of drug-likeness (QED) is 0.277. The first-order chi connectivity index (χ1) is 20.2. The molecular formula is C31H51N5O5S2. The molecule has 1 aromatic carbocycles. The van der Waals surface area contributed by atoms with Gasteiger partial charge >= 0.3 is 0 Å². The minimum absolute atomic E-state index is 0.157. The van der Waals surface area contributed by atoms with Gasteiger partial charge in [0.25, 0.3) is 0 Å². The van der Waals surface area contributed by atoms with Crippen molar-refractivity contribution < 1.29 is 24.3 Å². The van der Waals surface area contributed by atoms with Gasteiger partial charge in [0.1, 0.15) is 17.8 Å². The van der Waals surface area contributed by atoms with Crippen molar-refractivity contribution in [3.63, 3.8) is 0 Å². The predicted molar refractivity (Wildman–Crippen MR) is 175 cm³/mol. The van der Waals surface area contributed by atoms with Crippen LogP contribution in [0.15, 0.2) is 24.3 Å². The van der Waals surface area contributed by atoms with E-state index in [0.29, 0.717) is 36.5 Å². The second-order valence-electron chi connectivity index (χ2n) is 12.3. The van der Waals surface area contributed by atoms with Crippen molar-refractivity contribution in [2.24, 2.45) is 17.6 Å². The third-order valence-corrected chi connectivity index (χ3v) is 9.72. The number of fused-ring (bicyclic) bond motifs is 2.